The van der Waals surface area contributed by atoms with Crippen LogP contribution < -0.4 is 21.7 Å². The molecule has 2 aromatic rings. The van der Waals surface area contributed by atoms with Gasteiger partial charge in [-0.3, -0.25) is 19.7 Å². The van der Waals surface area contributed by atoms with Gasteiger partial charge in [0.15, 0.2) is 10.3 Å². The first-order chi connectivity index (χ1) is 12.5. The van der Waals surface area contributed by atoms with E-state index in [0.29, 0.717) is 23.2 Å². The first-order valence-electron chi connectivity index (χ1n) is 7.98. The van der Waals surface area contributed by atoms with Crippen LogP contribution in [0.1, 0.15) is 46.7 Å². The molecule has 0 aliphatic heterocycles. The van der Waals surface area contributed by atoms with E-state index >= 15 is 0 Å². The van der Waals surface area contributed by atoms with Crippen molar-refractivity contribution in [3.63, 3.8) is 0 Å². The van der Waals surface area contributed by atoms with Crippen LogP contribution in [0.3, 0.4) is 0 Å². The molecule has 0 aliphatic carbocycles. The second kappa shape index (κ2) is 9.94. The minimum atomic E-state index is -0.456. The van der Waals surface area contributed by atoms with Gasteiger partial charge in [-0.1, -0.05) is 6.42 Å². The Morgan fingerprint density at radius 2 is 1.58 bits per heavy atom. The number of nitrogens with zero attached hydrogens (tertiary/aromatic N) is 2. The summed E-state index contributed by atoms with van der Waals surface area (Å²) in [6.45, 7) is 0.621. The highest BCUT2D eigenvalue weighted by Crippen LogP contribution is 2.19. The van der Waals surface area contributed by atoms with E-state index in [2.05, 4.69) is 25.9 Å². The SMILES string of the molecule is CNC(=O)c1csc(NC(=O)c2csc(NC(=O)CCCCCN)n2)n1. The standard InChI is InChI=1S/C15H20N6O3S2/c1-17-12(23)9-7-26-15(18-9)21-13(24)10-8-25-14(19-10)20-11(22)5-3-2-4-6-16/h7-8H,2-6,16H2,1H3,(H,17,23)(H,18,21,24)(H,19,20,22). The molecule has 2 heterocycles. The van der Waals surface area contributed by atoms with Gasteiger partial charge in [0, 0.05) is 24.2 Å². The van der Waals surface area contributed by atoms with Crippen LogP contribution in [0.4, 0.5) is 10.3 Å². The number of amides is 3. The highest BCUT2D eigenvalue weighted by atomic mass is 32.1. The van der Waals surface area contributed by atoms with Crippen molar-refractivity contribution in [1.82, 2.24) is 15.3 Å². The van der Waals surface area contributed by atoms with Crippen LogP contribution in [-0.4, -0.2) is 41.3 Å². The van der Waals surface area contributed by atoms with Crippen LogP contribution in [0.25, 0.3) is 0 Å². The number of aromatic nitrogens is 2. The molecule has 0 bridgehead atoms. The topological polar surface area (TPSA) is 139 Å². The van der Waals surface area contributed by atoms with Crippen LogP contribution >= 0.6 is 22.7 Å². The van der Waals surface area contributed by atoms with Gasteiger partial charge < -0.3 is 16.4 Å². The minimum Gasteiger partial charge on any atom is -0.354 e. The Kier molecular flexibility index (Phi) is 7.63. The zero-order valence-corrected chi connectivity index (χ0v) is 15.8. The summed E-state index contributed by atoms with van der Waals surface area (Å²) in [5, 5.41) is 11.5. The van der Waals surface area contributed by atoms with Crippen LogP contribution in [0, 0.1) is 0 Å². The van der Waals surface area contributed by atoms with Crippen molar-refractivity contribution in [3.05, 3.63) is 22.1 Å². The van der Waals surface area contributed by atoms with Crippen molar-refractivity contribution in [3.8, 4) is 0 Å². The third-order valence-corrected chi connectivity index (χ3v) is 4.79. The number of unbranched alkanes of at least 4 members (excludes halogenated alkanes) is 2. The minimum absolute atomic E-state index is 0.140. The number of hydrogen-bond donors (Lipinski definition) is 4. The normalized spacial score (nSPS) is 10.4. The van der Waals surface area contributed by atoms with Crippen molar-refractivity contribution in [2.45, 2.75) is 25.7 Å². The number of carbonyl (C=O) groups is 3. The second-order valence-corrected chi connectivity index (χ2v) is 6.97. The summed E-state index contributed by atoms with van der Waals surface area (Å²) in [7, 11) is 1.50. The van der Waals surface area contributed by atoms with E-state index in [1.54, 1.807) is 10.8 Å². The Morgan fingerprint density at radius 3 is 2.19 bits per heavy atom. The lowest BCUT2D eigenvalue weighted by Gasteiger charge is -2.01. The fraction of sp³-hybridized carbons (Fsp3) is 0.400. The zero-order valence-electron chi connectivity index (χ0n) is 14.2. The molecule has 2 rings (SSSR count). The van der Waals surface area contributed by atoms with E-state index in [-0.39, 0.29) is 23.2 Å². The lowest BCUT2D eigenvalue weighted by Crippen LogP contribution is -2.18. The molecular weight excluding hydrogens is 376 g/mol. The first kappa shape index (κ1) is 19.9. The molecule has 5 N–H and O–H groups in total. The molecule has 140 valence electrons. The Bertz CT molecular complexity index is 773. The smallest absolute Gasteiger partial charge is 0.276 e. The number of nitrogens with two attached hydrogens (primary N) is 1. The molecule has 0 saturated heterocycles. The maximum Gasteiger partial charge on any atom is 0.276 e. The lowest BCUT2D eigenvalue weighted by molar-refractivity contribution is -0.116. The number of rotatable bonds is 9. The van der Waals surface area contributed by atoms with Crippen molar-refractivity contribution in [2.75, 3.05) is 24.2 Å². The third-order valence-electron chi connectivity index (χ3n) is 3.28. The van der Waals surface area contributed by atoms with Gasteiger partial charge in [-0.15, -0.1) is 22.7 Å². The summed E-state index contributed by atoms with van der Waals surface area (Å²) in [6, 6.07) is 0. The van der Waals surface area contributed by atoms with Crippen LogP contribution in [0.15, 0.2) is 10.8 Å². The zero-order chi connectivity index (χ0) is 18.9. The molecule has 2 aromatic heterocycles. The maximum atomic E-state index is 12.2. The number of hydrogen-bond acceptors (Lipinski definition) is 8. The van der Waals surface area contributed by atoms with Crippen molar-refractivity contribution >= 4 is 50.7 Å². The van der Waals surface area contributed by atoms with E-state index < -0.39 is 5.91 Å². The van der Waals surface area contributed by atoms with E-state index in [0.717, 1.165) is 30.6 Å². The van der Waals surface area contributed by atoms with Gasteiger partial charge in [-0.25, -0.2) is 9.97 Å². The average Bonchev–Trinajstić information content (AvgIpc) is 3.27. The second-order valence-electron chi connectivity index (χ2n) is 5.26. The quantitative estimate of drug-likeness (QED) is 0.476. The molecule has 0 unspecified atom stereocenters. The fourth-order valence-corrected chi connectivity index (χ4v) is 3.34. The van der Waals surface area contributed by atoms with Crippen LogP contribution in [0.5, 0.6) is 0 Å². The van der Waals surface area contributed by atoms with Gasteiger partial charge in [-0.2, -0.15) is 0 Å². The number of nitrogens with one attached hydrogen (secondary N) is 3. The first-order valence-corrected chi connectivity index (χ1v) is 9.73. The number of thiazole rings is 2. The van der Waals surface area contributed by atoms with E-state index in [4.69, 9.17) is 5.73 Å². The van der Waals surface area contributed by atoms with Crippen molar-refractivity contribution in [1.29, 1.82) is 0 Å². The molecule has 11 heteroatoms. The molecule has 0 atom stereocenters. The van der Waals surface area contributed by atoms with E-state index in [1.165, 1.54) is 18.4 Å². The monoisotopic (exact) mass is 396 g/mol. The van der Waals surface area contributed by atoms with E-state index in [1.807, 2.05) is 0 Å². The third kappa shape index (κ3) is 5.86. The van der Waals surface area contributed by atoms with Gasteiger partial charge in [0.2, 0.25) is 5.91 Å². The summed E-state index contributed by atoms with van der Waals surface area (Å²) in [5.41, 5.74) is 5.81. The van der Waals surface area contributed by atoms with Gasteiger partial charge in [0.25, 0.3) is 11.8 Å². The summed E-state index contributed by atoms with van der Waals surface area (Å²) in [5.74, 6) is -0.923. The van der Waals surface area contributed by atoms with Crippen LogP contribution in [-0.2, 0) is 4.79 Å². The fourth-order valence-electron chi connectivity index (χ4n) is 1.95. The molecule has 0 fully saturated rings. The summed E-state index contributed by atoms with van der Waals surface area (Å²) >= 11 is 2.31. The lowest BCUT2D eigenvalue weighted by atomic mass is 10.2. The van der Waals surface area contributed by atoms with Gasteiger partial charge in [0.1, 0.15) is 11.4 Å². The average molecular weight is 396 g/mol. The molecule has 0 saturated carbocycles. The largest absolute Gasteiger partial charge is 0.354 e. The van der Waals surface area contributed by atoms with Crippen molar-refractivity contribution in [2.24, 2.45) is 5.73 Å². The number of anilines is 2. The Labute approximate surface area is 158 Å². The highest BCUT2D eigenvalue weighted by Gasteiger charge is 2.15. The summed E-state index contributed by atoms with van der Waals surface area (Å²) < 4.78 is 0. The highest BCUT2D eigenvalue weighted by molar-refractivity contribution is 7.14. The molecule has 0 spiro atoms. The number of carbonyl (C=O) groups excluding carboxylic acids is 3. The van der Waals surface area contributed by atoms with Crippen molar-refractivity contribution < 1.29 is 14.4 Å². The summed E-state index contributed by atoms with van der Waals surface area (Å²) in [6.07, 6.45) is 2.95. The Balaban J connectivity index is 1.86. The maximum absolute atomic E-state index is 12.2. The van der Waals surface area contributed by atoms with Gasteiger partial charge >= 0.3 is 0 Å². The molecule has 9 nitrogen and oxygen atoms in total. The molecular formula is C15H20N6O3S2. The Morgan fingerprint density at radius 1 is 0.962 bits per heavy atom. The Hall–Kier alpha value is -2.37. The molecule has 3 amide bonds. The predicted molar refractivity (Wildman–Crippen MR) is 102 cm³/mol. The molecule has 0 aromatic carbocycles. The molecule has 0 aliphatic rings. The molecule has 0 radical (unpaired) electrons. The molecule has 26 heavy (non-hydrogen) atoms. The summed E-state index contributed by atoms with van der Waals surface area (Å²) in [4.78, 5) is 43.6. The van der Waals surface area contributed by atoms with Gasteiger partial charge in [0.05, 0.1) is 0 Å². The van der Waals surface area contributed by atoms with E-state index in [9.17, 15) is 14.4 Å². The predicted octanol–water partition coefficient (Wildman–Crippen LogP) is 1.67. The van der Waals surface area contributed by atoms with Crippen LogP contribution in [0.2, 0.25) is 0 Å². The van der Waals surface area contributed by atoms with Gasteiger partial charge in [-0.05, 0) is 19.4 Å².